The zero-order valence-electron chi connectivity index (χ0n) is 7.57. The van der Waals surface area contributed by atoms with E-state index >= 15 is 0 Å². The van der Waals surface area contributed by atoms with Gasteiger partial charge in [0, 0.05) is 0 Å². The molecule has 2 fully saturated rings. The maximum atomic E-state index is 2.47. The van der Waals surface area contributed by atoms with E-state index in [4.69, 9.17) is 0 Å². The molecule has 0 saturated heterocycles. The lowest BCUT2D eigenvalue weighted by atomic mass is 9.62. The van der Waals surface area contributed by atoms with Crippen LogP contribution in [-0.4, -0.2) is 0 Å². The molecule has 2 aliphatic rings. The summed E-state index contributed by atoms with van der Waals surface area (Å²) < 4.78 is 0. The monoisotopic (exact) mass is 138 g/mol. The van der Waals surface area contributed by atoms with Crippen LogP contribution < -0.4 is 0 Å². The molecule has 3 unspecified atom stereocenters. The fourth-order valence-electron chi connectivity index (χ4n) is 3.20. The Hall–Kier alpha value is 0. The smallest absolute Gasteiger partial charge is 0.0235 e. The molecule has 0 radical (unpaired) electrons. The van der Waals surface area contributed by atoms with Crippen LogP contribution in [0, 0.1) is 22.7 Å². The average molecular weight is 138 g/mol. The predicted octanol–water partition coefficient (Wildman–Crippen LogP) is 3.08. The van der Waals surface area contributed by atoms with Crippen LogP contribution in [0.4, 0.5) is 0 Å². The first-order chi connectivity index (χ1) is 4.50. The third kappa shape index (κ3) is 0.500. The molecule has 2 rings (SSSR count). The molecule has 0 aromatic rings. The second-order valence-corrected chi connectivity index (χ2v) is 5.21. The van der Waals surface area contributed by atoms with Gasteiger partial charge in [0.05, 0.1) is 0 Å². The molecule has 58 valence electrons. The van der Waals surface area contributed by atoms with Crippen LogP contribution in [0.25, 0.3) is 0 Å². The second kappa shape index (κ2) is 1.44. The van der Waals surface area contributed by atoms with Gasteiger partial charge in [-0.1, -0.05) is 27.7 Å². The van der Waals surface area contributed by atoms with Gasteiger partial charge in [0.15, 0.2) is 0 Å². The Morgan fingerprint density at radius 2 is 1.90 bits per heavy atom. The molecule has 0 spiro atoms. The highest BCUT2D eigenvalue weighted by Gasteiger charge is 2.73. The summed E-state index contributed by atoms with van der Waals surface area (Å²) >= 11 is 0. The van der Waals surface area contributed by atoms with E-state index in [1.807, 2.05) is 0 Å². The minimum atomic E-state index is 0.765. The number of hydrogen-bond donors (Lipinski definition) is 0. The van der Waals surface area contributed by atoms with E-state index in [0.29, 0.717) is 0 Å². The van der Waals surface area contributed by atoms with Crippen LogP contribution in [0.1, 0.15) is 40.5 Å². The third-order valence-corrected chi connectivity index (χ3v) is 4.30. The molecule has 0 bridgehead atoms. The Balaban J connectivity index is 2.09. The summed E-state index contributed by atoms with van der Waals surface area (Å²) in [6.07, 6.45) is 3.00. The quantitative estimate of drug-likeness (QED) is 0.522. The Morgan fingerprint density at radius 3 is 2.00 bits per heavy atom. The maximum absolute atomic E-state index is 2.47. The molecule has 3 atom stereocenters. The van der Waals surface area contributed by atoms with E-state index < -0.39 is 0 Å². The van der Waals surface area contributed by atoms with Gasteiger partial charge in [0.2, 0.25) is 0 Å². The average Bonchev–Trinajstić information content (AvgIpc) is 2.15. The van der Waals surface area contributed by atoms with Crippen molar-refractivity contribution in [3.8, 4) is 0 Å². The van der Waals surface area contributed by atoms with Gasteiger partial charge in [-0.15, -0.1) is 0 Å². The fraction of sp³-hybridized carbons (Fsp3) is 1.00. The van der Waals surface area contributed by atoms with Crippen molar-refractivity contribution >= 4 is 0 Å². The molecular weight excluding hydrogens is 120 g/mol. The van der Waals surface area contributed by atoms with Crippen molar-refractivity contribution in [1.29, 1.82) is 0 Å². The van der Waals surface area contributed by atoms with Crippen LogP contribution in [0.15, 0.2) is 0 Å². The van der Waals surface area contributed by atoms with Crippen LogP contribution >= 0.6 is 0 Å². The van der Waals surface area contributed by atoms with Crippen LogP contribution in [0.5, 0.6) is 0 Å². The Labute approximate surface area is 64.0 Å². The normalized spacial score (nSPS) is 57.9. The molecule has 2 saturated carbocycles. The van der Waals surface area contributed by atoms with Gasteiger partial charge < -0.3 is 0 Å². The van der Waals surface area contributed by atoms with Crippen molar-refractivity contribution in [3.63, 3.8) is 0 Å². The molecule has 0 heterocycles. The molecule has 0 nitrogen and oxygen atoms in total. The van der Waals surface area contributed by atoms with Gasteiger partial charge in [0.25, 0.3) is 0 Å². The summed E-state index contributed by atoms with van der Waals surface area (Å²) in [6, 6.07) is 0. The fourth-order valence-corrected chi connectivity index (χ4v) is 3.20. The van der Waals surface area contributed by atoms with Gasteiger partial charge in [-0.2, -0.15) is 0 Å². The number of hydrogen-bond acceptors (Lipinski definition) is 0. The number of fused-ring (bicyclic) bond motifs is 1. The molecule has 10 heavy (non-hydrogen) atoms. The van der Waals surface area contributed by atoms with Gasteiger partial charge in [-0.3, -0.25) is 0 Å². The van der Waals surface area contributed by atoms with Crippen molar-refractivity contribution in [3.05, 3.63) is 0 Å². The molecular formula is C10H18. The Bertz CT molecular complexity index is 171. The van der Waals surface area contributed by atoms with E-state index in [1.54, 1.807) is 0 Å². The van der Waals surface area contributed by atoms with Crippen molar-refractivity contribution in [2.45, 2.75) is 40.5 Å². The third-order valence-electron chi connectivity index (χ3n) is 4.30. The van der Waals surface area contributed by atoms with Crippen molar-refractivity contribution in [2.24, 2.45) is 22.7 Å². The summed E-state index contributed by atoms with van der Waals surface area (Å²) in [5.41, 5.74) is 1.54. The Kier molecular flexibility index (Phi) is 0.964. The first kappa shape index (κ1) is 6.69. The SMILES string of the molecule is CC(C)C1CC2(C)CC12C. The predicted molar refractivity (Wildman–Crippen MR) is 43.8 cm³/mol. The van der Waals surface area contributed by atoms with Crippen molar-refractivity contribution < 1.29 is 0 Å². The van der Waals surface area contributed by atoms with Gasteiger partial charge >= 0.3 is 0 Å². The lowest BCUT2D eigenvalue weighted by molar-refractivity contribution is 0.0614. The first-order valence-corrected chi connectivity index (χ1v) is 4.50. The van der Waals surface area contributed by atoms with Crippen molar-refractivity contribution in [1.82, 2.24) is 0 Å². The topological polar surface area (TPSA) is 0 Å². The summed E-state index contributed by atoms with van der Waals surface area (Å²) in [6.45, 7) is 9.66. The largest absolute Gasteiger partial charge is 0.0625 e. The number of rotatable bonds is 1. The zero-order valence-corrected chi connectivity index (χ0v) is 7.57. The standard InChI is InChI=1S/C10H18/c1-7(2)8-5-9(3)6-10(8,9)4/h7-8H,5-6H2,1-4H3. The minimum absolute atomic E-state index is 0.765. The Morgan fingerprint density at radius 1 is 1.30 bits per heavy atom. The zero-order chi connectivity index (χ0) is 7.57. The summed E-state index contributed by atoms with van der Waals surface area (Å²) in [5.74, 6) is 1.96. The molecule has 2 aliphatic carbocycles. The lowest BCUT2D eigenvalue weighted by Gasteiger charge is -2.42. The van der Waals surface area contributed by atoms with E-state index in [2.05, 4.69) is 27.7 Å². The van der Waals surface area contributed by atoms with Gasteiger partial charge in [-0.05, 0) is 35.5 Å². The molecule has 0 aromatic carbocycles. The molecule has 0 aliphatic heterocycles. The van der Waals surface area contributed by atoms with Crippen LogP contribution in [0.2, 0.25) is 0 Å². The minimum Gasteiger partial charge on any atom is -0.0625 e. The molecule has 0 N–H and O–H groups in total. The van der Waals surface area contributed by atoms with E-state index in [1.165, 1.54) is 12.8 Å². The van der Waals surface area contributed by atoms with Gasteiger partial charge in [0.1, 0.15) is 0 Å². The molecule has 0 heteroatoms. The summed E-state index contributed by atoms with van der Waals surface area (Å²) in [7, 11) is 0. The second-order valence-electron chi connectivity index (χ2n) is 5.21. The highest BCUT2D eigenvalue weighted by Crippen LogP contribution is 2.81. The molecule has 0 amide bonds. The highest BCUT2D eigenvalue weighted by molar-refractivity contribution is 5.22. The maximum Gasteiger partial charge on any atom is -0.0235 e. The van der Waals surface area contributed by atoms with Crippen molar-refractivity contribution in [2.75, 3.05) is 0 Å². The first-order valence-electron chi connectivity index (χ1n) is 4.50. The van der Waals surface area contributed by atoms with E-state index in [9.17, 15) is 0 Å². The van der Waals surface area contributed by atoms with E-state index in [-0.39, 0.29) is 0 Å². The summed E-state index contributed by atoms with van der Waals surface area (Å²) in [4.78, 5) is 0. The molecule has 0 aromatic heterocycles. The lowest BCUT2D eigenvalue weighted by Crippen LogP contribution is -2.35. The van der Waals surface area contributed by atoms with E-state index in [0.717, 1.165) is 22.7 Å². The highest BCUT2D eigenvalue weighted by atomic mass is 14.8. The van der Waals surface area contributed by atoms with Gasteiger partial charge in [-0.25, -0.2) is 0 Å². The van der Waals surface area contributed by atoms with Crippen LogP contribution in [-0.2, 0) is 0 Å². The summed E-state index contributed by atoms with van der Waals surface area (Å²) in [5, 5.41) is 0. The van der Waals surface area contributed by atoms with Crippen LogP contribution in [0.3, 0.4) is 0 Å².